The first-order chi connectivity index (χ1) is 6.70. The second-order valence-corrected chi connectivity index (χ2v) is 4.87. The molecular weight excluding hydrogens is 264 g/mol. The molecule has 1 heterocycles. The van der Waals surface area contributed by atoms with Crippen molar-refractivity contribution in [2.75, 3.05) is 12.4 Å². The van der Waals surface area contributed by atoms with Gasteiger partial charge in [0.15, 0.2) is 0 Å². The molecule has 0 spiro atoms. The van der Waals surface area contributed by atoms with Crippen LogP contribution < -0.4 is 4.74 Å². The molecule has 1 rings (SSSR count). The maximum absolute atomic E-state index is 9.89. The summed E-state index contributed by atoms with van der Waals surface area (Å²) in [7, 11) is 1.65. The van der Waals surface area contributed by atoms with Gasteiger partial charge in [0.25, 0.3) is 0 Å². The topological polar surface area (TPSA) is 29.5 Å². The van der Waals surface area contributed by atoms with Crippen LogP contribution in [0.2, 0.25) is 0 Å². The minimum atomic E-state index is -0.388. The van der Waals surface area contributed by atoms with E-state index in [1.54, 1.807) is 18.4 Å². The standard InChI is InChI=1S/C10H15BrO2S/c1-7-6-14-10(9(7)13-2)8(12)4-3-5-11/h6,8,12H,3-5H2,1-2H3. The lowest BCUT2D eigenvalue weighted by Crippen LogP contribution is -1.98. The van der Waals surface area contributed by atoms with E-state index < -0.39 is 0 Å². The van der Waals surface area contributed by atoms with Gasteiger partial charge in [0.2, 0.25) is 0 Å². The summed E-state index contributed by atoms with van der Waals surface area (Å²) in [6, 6.07) is 0. The predicted molar refractivity (Wildman–Crippen MR) is 63.6 cm³/mol. The van der Waals surface area contributed by atoms with E-state index in [2.05, 4.69) is 15.9 Å². The Morgan fingerprint density at radius 1 is 1.64 bits per heavy atom. The molecule has 0 aliphatic heterocycles. The van der Waals surface area contributed by atoms with E-state index in [0.717, 1.165) is 34.4 Å². The molecule has 0 amide bonds. The van der Waals surface area contributed by atoms with Crippen LogP contribution in [0.5, 0.6) is 5.75 Å². The summed E-state index contributed by atoms with van der Waals surface area (Å²) in [4.78, 5) is 0.950. The second-order valence-electron chi connectivity index (χ2n) is 3.16. The van der Waals surface area contributed by atoms with Gasteiger partial charge in [0.1, 0.15) is 5.75 Å². The van der Waals surface area contributed by atoms with Crippen molar-refractivity contribution in [3.8, 4) is 5.75 Å². The zero-order chi connectivity index (χ0) is 10.6. The van der Waals surface area contributed by atoms with Crippen molar-refractivity contribution < 1.29 is 9.84 Å². The number of alkyl halides is 1. The summed E-state index contributed by atoms with van der Waals surface area (Å²) in [5, 5.41) is 12.8. The molecule has 1 aromatic rings. The SMILES string of the molecule is COc1c(C)csc1C(O)CCCBr. The van der Waals surface area contributed by atoms with E-state index in [0.29, 0.717) is 0 Å². The van der Waals surface area contributed by atoms with Gasteiger partial charge in [-0.15, -0.1) is 11.3 Å². The van der Waals surface area contributed by atoms with E-state index in [1.807, 2.05) is 12.3 Å². The lowest BCUT2D eigenvalue weighted by Gasteiger charge is -2.10. The third-order valence-electron chi connectivity index (χ3n) is 2.06. The molecule has 1 atom stereocenters. The Hall–Kier alpha value is -0.0600. The van der Waals surface area contributed by atoms with Gasteiger partial charge in [-0.05, 0) is 25.1 Å². The molecule has 80 valence electrons. The maximum Gasteiger partial charge on any atom is 0.138 e. The van der Waals surface area contributed by atoms with Crippen molar-refractivity contribution >= 4 is 27.3 Å². The summed E-state index contributed by atoms with van der Waals surface area (Å²) in [5.74, 6) is 0.845. The van der Waals surface area contributed by atoms with Gasteiger partial charge in [0.05, 0.1) is 18.1 Å². The molecule has 2 nitrogen and oxygen atoms in total. The normalized spacial score (nSPS) is 12.9. The highest BCUT2D eigenvalue weighted by Gasteiger charge is 2.16. The monoisotopic (exact) mass is 278 g/mol. The predicted octanol–water partition coefficient (Wildman–Crippen LogP) is 3.27. The lowest BCUT2D eigenvalue weighted by molar-refractivity contribution is 0.167. The molecule has 0 aromatic carbocycles. The number of ether oxygens (including phenoxy) is 1. The number of hydrogen-bond acceptors (Lipinski definition) is 3. The van der Waals surface area contributed by atoms with Crippen LogP contribution in [-0.2, 0) is 0 Å². The fraction of sp³-hybridized carbons (Fsp3) is 0.600. The quantitative estimate of drug-likeness (QED) is 0.838. The highest BCUT2D eigenvalue weighted by molar-refractivity contribution is 9.09. The van der Waals surface area contributed by atoms with Crippen LogP contribution in [0.1, 0.15) is 29.4 Å². The number of aryl methyl sites for hydroxylation is 1. The van der Waals surface area contributed by atoms with Gasteiger partial charge < -0.3 is 9.84 Å². The van der Waals surface area contributed by atoms with Gasteiger partial charge in [-0.25, -0.2) is 0 Å². The van der Waals surface area contributed by atoms with Crippen LogP contribution in [-0.4, -0.2) is 17.5 Å². The molecule has 0 saturated heterocycles. The van der Waals surface area contributed by atoms with Crippen molar-refractivity contribution in [2.45, 2.75) is 25.9 Å². The minimum absolute atomic E-state index is 0.388. The number of aliphatic hydroxyl groups excluding tert-OH is 1. The lowest BCUT2D eigenvalue weighted by atomic mass is 10.1. The number of thiophene rings is 1. The first kappa shape index (κ1) is 12.0. The van der Waals surface area contributed by atoms with Gasteiger partial charge in [-0.1, -0.05) is 15.9 Å². The summed E-state index contributed by atoms with van der Waals surface area (Å²) >= 11 is 4.92. The molecule has 1 unspecified atom stereocenters. The molecule has 0 aliphatic carbocycles. The van der Waals surface area contributed by atoms with Crippen LogP contribution in [0.15, 0.2) is 5.38 Å². The third-order valence-corrected chi connectivity index (χ3v) is 3.81. The number of rotatable bonds is 5. The highest BCUT2D eigenvalue weighted by atomic mass is 79.9. The average molecular weight is 279 g/mol. The smallest absolute Gasteiger partial charge is 0.138 e. The van der Waals surface area contributed by atoms with Gasteiger partial charge in [0, 0.05) is 10.9 Å². The second kappa shape index (κ2) is 5.73. The van der Waals surface area contributed by atoms with Gasteiger partial charge in [-0.2, -0.15) is 0 Å². The summed E-state index contributed by atoms with van der Waals surface area (Å²) in [6.07, 6.45) is 1.37. The van der Waals surface area contributed by atoms with Crippen LogP contribution >= 0.6 is 27.3 Å². The molecule has 0 aliphatic rings. The van der Waals surface area contributed by atoms with E-state index in [4.69, 9.17) is 4.74 Å². The highest BCUT2D eigenvalue weighted by Crippen LogP contribution is 2.36. The van der Waals surface area contributed by atoms with Crippen molar-refractivity contribution in [1.82, 2.24) is 0 Å². The van der Waals surface area contributed by atoms with Crippen molar-refractivity contribution in [3.05, 3.63) is 15.8 Å². The maximum atomic E-state index is 9.89. The van der Waals surface area contributed by atoms with Crippen molar-refractivity contribution in [1.29, 1.82) is 0 Å². The minimum Gasteiger partial charge on any atom is -0.495 e. The van der Waals surface area contributed by atoms with Gasteiger partial charge in [-0.3, -0.25) is 0 Å². The largest absolute Gasteiger partial charge is 0.495 e. The first-order valence-electron chi connectivity index (χ1n) is 4.56. The Morgan fingerprint density at radius 2 is 2.36 bits per heavy atom. The van der Waals surface area contributed by atoms with Crippen LogP contribution in [0.3, 0.4) is 0 Å². The molecule has 0 bridgehead atoms. The van der Waals surface area contributed by atoms with E-state index in [1.165, 1.54) is 0 Å². The molecule has 0 radical (unpaired) electrons. The molecule has 1 aromatic heterocycles. The summed E-state index contributed by atoms with van der Waals surface area (Å²) in [5.41, 5.74) is 1.10. The molecule has 0 fully saturated rings. The Labute approximate surface area is 97.0 Å². The third kappa shape index (κ3) is 2.72. The van der Waals surface area contributed by atoms with Crippen molar-refractivity contribution in [3.63, 3.8) is 0 Å². The Kier molecular flexibility index (Phi) is 4.92. The Morgan fingerprint density at radius 3 is 2.93 bits per heavy atom. The molecule has 1 N–H and O–H groups in total. The molecule has 14 heavy (non-hydrogen) atoms. The van der Waals surface area contributed by atoms with E-state index in [9.17, 15) is 5.11 Å². The number of methoxy groups -OCH3 is 1. The van der Waals surface area contributed by atoms with Crippen molar-refractivity contribution in [2.24, 2.45) is 0 Å². The molecule has 0 saturated carbocycles. The zero-order valence-electron chi connectivity index (χ0n) is 8.42. The molecular formula is C10H15BrO2S. The number of halogens is 1. The Bertz CT molecular complexity index is 286. The number of aliphatic hydroxyl groups is 1. The van der Waals surface area contributed by atoms with Gasteiger partial charge >= 0.3 is 0 Å². The zero-order valence-corrected chi connectivity index (χ0v) is 10.8. The summed E-state index contributed by atoms with van der Waals surface area (Å²) in [6.45, 7) is 2.00. The van der Waals surface area contributed by atoms with Crippen LogP contribution in [0.4, 0.5) is 0 Å². The fourth-order valence-corrected chi connectivity index (χ4v) is 2.71. The summed E-state index contributed by atoms with van der Waals surface area (Å²) < 4.78 is 5.26. The van der Waals surface area contributed by atoms with Crippen LogP contribution in [0.25, 0.3) is 0 Å². The number of hydrogen-bond donors (Lipinski definition) is 1. The first-order valence-corrected chi connectivity index (χ1v) is 6.56. The van der Waals surface area contributed by atoms with E-state index in [-0.39, 0.29) is 6.10 Å². The average Bonchev–Trinajstić information content (AvgIpc) is 2.55. The van der Waals surface area contributed by atoms with Crippen LogP contribution in [0, 0.1) is 6.92 Å². The van der Waals surface area contributed by atoms with E-state index >= 15 is 0 Å². The fourth-order valence-electron chi connectivity index (χ4n) is 1.35. The molecule has 4 heteroatoms. The Balaban J connectivity index is 2.73.